The van der Waals surface area contributed by atoms with Crippen LogP contribution in [0, 0.1) is 5.92 Å². The first-order chi connectivity index (χ1) is 15.0. The Labute approximate surface area is 190 Å². The summed E-state index contributed by atoms with van der Waals surface area (Å²) in [6.45, 7) is 10.7. The molecule has 10 heteroatoms. The summed E-state index contributed by atoms with van der Waals surface area (Å²) >= 11 is 0. The quantitative estimate of drug-likeness (QED) is 0.507. The maximum atomic E-state index is 13.1. The van der Waals surface area contributed by atoms with Crippen molar-refractivity contribution in [2.24, 2.45) is 10.9 Å². The first kappa shape index (κ1) is 25.4. The van der Waals surface area contributed by atoms with Crippen molar-refractivity contribution in [2.45, 2.75) is 59.7 Å². The third-order valence-corrected chi connectivity index (χ3v) is 4.95. The molecule has 10 nitrogen and oxygen atoms in total. The molecule has 0 saturated heterocycles. The van der Waals surface area contributed by atoms with Crippen LogP contribution in [0.25, 0.3) is 0 Å². The first-order valence-electron chi connectivity index (χ1n) is 11.0. The number of aliphatic imine (C=N–C) groups is 1. The van der Waals surface area contributed by atoms with E-state index in [1.54, 1.807) is 35.6 Å². The number of hydrogen-bond acceptors (Lipinski definition) is 5. The number of amides is 3. The molecular formula is C22H36N6O4. The predicted octanol–water partition coefficient (Wildman–Crippen LogP) is 2.02. The molecule has 3 amide bonds. The lowest BCUT2D eigenvalue weighted by Gasteiger charge is -2.30. The maximum Gasteiger partial charge on any atom is 0.410 e. The van der Waals surface area contributed by atoms with Gasteiger partial charge in [0, 0.05) is 46.2 Å². The van der Waals surface area contributed by atoms with E-state index in [0.29, 0.717) is 18.7 Å². The molecule has 0 radical (unpaired) electrons. The van der Waals surface area contributed by atoms with E-state index in [0.717, 1.165) is 11.3 Å². The second-order valence-electron chi connectivity index (χ2n) is 9.04. The third-order valence-electron chi connectivity index (χ3n) is 4.95. The van der Waals surface area contributed by atoms with Crippen LogP contribution in [0.3, 0.4) is 0 Å². The average Bonchev–Trinajstić information content (AvgIpc) is 3.02. The Balaban J connectivity index is 0.00000176. The lowest BCUT2D eigenvalue weighted by atomic mass is 10.1. The molecule has 0 aliphatic carbocycles. The summed E-state index contributed by atoms with van der Waals surface area (Å²) in [4.78, 5) is 47.0. The van der Waals surface area contributed by atoms with Gasteiger partial charge in [-0.3, -0.25) is 14.3 Å². The number of nitrogens with zero attached hydrogens (tertiary/aromatic N) is 6. The highest BCUT2D eigenvalue weighted by Crippen LogP contribution is 2.27. The number of carbonyl (C=O) groups excluding carboxylic acids is 3. The fourth-order valence-electron chi connectivity index (χ4n) is 3.57. The van der Waals surface area contributed by atoms with Crippen LogP contribution in [0.4, 0.5) is 4.79 Å². The van der Waals surface area contributed by atoms with Gasteiger partial charge in [-0.1, -0.05) is 13.8 Å². The minimum Gasteiger partial charge on any atom is -0.444 e. The van der Waals surface area contributed by atoms with Crippen LogP contribution in [0.2, 0.25) is 0 Å². The van der Waals surface area contributed by atoms with Crippen LogP contribution >= 0.6 is 0 Å². The zero-order valence-corrected chi connectivity index (χ0v) is 20.5. The predicted molar refractivity (Wildman–Crippen MR) is 122 cm³/mol. The van der Waals surface area contributed by atoms with Gasteiger partial charge in [0.25, 0.3) is 11.8 Å². The van der Waals surface area contributed by atoms with Gasteiger partial charge in [0.1, 0.15) is 11.3 Å². The Bertz CT molecular complexity index is 884. The Morgan fingerprint density at radius 1 is 1.22 bits per heavy atom. The van der Waals surface area contributed by atoms with Gasteiger partial charge in [0.2, 0.25) is 0 Å². The highest BCUT2D eigenvalue weighted by atomic mass is 16.6. The van der Waals surface area contributed by atoms with Crippen LogP contribution in [0.1, 0.15) is 56.4 Å². The van der Waals surface area contributed by atoms with Crippen molar-refractivity contribution < 1.29 is 19.1 Å². The summed E-state index contributed by atoms with van der Waals surface area (Å²) in [5.41, 5.74) is 1.36. The highest BCUT2D eigenvalue weighted by molar-refractivity contribution is 5.95. The van der Waals surface area contributed by atoms with Gasteiger partial charge in [-0.25, -0.2) is 9.79 Å². The van der Waals surface area contributed by atoms with E-state index >= 15 is 0 Å². The van der Waals surface area contributed by atoms with Crippen LogP contribution in [0.5, 0.6) is 0 Å². The van der Waals surface area contributed by atoms with Gasteiger partial charge in [0.05, 0.1) is 31.0 Å². The molecular weight excluding hydrogens is 412 g/mol. The standard InChI is InChI=1S/C20H30N6O4.C2H6/c1-20(2,3)30-19(29)25-8-7-15-14(11-25)16-18(28)24(6)9-13(10-26(16)22-15)17(27)21-12-23(4)5;1-2/h12-13H,7-11H2,1-6H3;1-2H3. The molecule has 0 saturated carbocycles. The average molecular weight is 449 g/mol. The van der Waals surface area contributed by atoms with E-state index in [2.05, 4.69) is 10.1 Å². The number of carbonyl (C=O) groups is 3. The van der Waals surface area contributed by atoms with Crippen molar-refractivity contribution in [1.29, 1.82) is 0 Å². The second-order valence-corrected chi connectivity index (χ2v) is 9.04. The van der Waals surface area contributed by atoms with Crippen molar-refractivity contribution >= 4 is 24.2 Å². The molecule has 1 aromatic rings. The van der Waals surface area contributed by atoms with Crippen molar-refractivity contribution in [3.63, 3.8) is 0 Å². The maximum absolute atomic E-state index is 13.1. The Morgan fingerprint density at radius 3 is 2.47 bits per heavy atom. The summed E-state index contributed by atoms with van der Waals surface area (Å²) < 4.78 is 7.09. The van der Waals surface area contributed by atoms with Gasteiger partial charge in [-0.15, -0.1) is 0 Å². The smallest absolute Gasteiger partial charge is 0.410 e. The Hall–Kier alpha value is -2.91. The monoisotopic (exact) mass is 448 g/mol. The number of aromatic nitrogens is 2. The van der Waals surface area contributed by atoms with Crippen molar-refractivity contribution in [3.8, 4) is 0 Å². The Kier molecular flexibility index (Phi) is 8.03. The van der Waals surface area contributed by atoms with Gasteiger partial charge in [-0.05, 0) is 20.8 Å². The molecule has 178 valence electrons. The lowest BCUT2D eigenvalue weighted by Crippen LogP contribution is -2.40. The van der Waals surface area contributed by atoms with Crippen LogP contribution in [-0.4, -0.2) is 88.6 Å². The molecule has 2 aliphatic rings. The summed E-state index contributed by atoms with van der Waals surface area (Å²) in [6, 6.07) is 0. The van der Waals surface area contributed by atoms with E-state index in [1.807, 2.05) is 34.6 Å². The van der Waals surface area contributed by atoms with E-state index in [4.69, 9.17) is 4.74 Å². The van der Waals surface area contributed by atoms with E-state index in [-0.39, 0.29) is 31.4 Å². The van der Waals surface area contributed by atoms with Crippen molar-refractivity contribution in [2.75, 3.05) is 34.2 Å². The largest absolute Gasteiger partial charge is 0.444 e. The van der Waals surface area contributed by atoms with Gasteiger partial charge >= 0.3 is 6.09 Å². The topological polar surface area (TPSA) is 100 Å². The molecule has 3 heterocycles. The van der Waals surface area contributed by atoms with E-state index in [1.165, 1.54) is 11.2 Å². The Morgan fingerprint density at radius 2 is 1.88 bits per heavy atom. The van der Waals surface area contributed by atoms with Gasteiger partial charge in [-0.2, -0.15) is 5.10 Å². The van der Waals surface area contributed by atoms with E-state index < -0.39 is 17.6 Å². The summed E-state index contributed by atoms with van der Waals surface area (Å²) in [6.07, 6.45) is 1.58. The molecule has 1 atom stereocenters. The van der Waals surface area contributed by atoms with Crippen molar-refractivity contribution in [1.82, 2.24) is 24.5 Å². The molecule has 0 bridgehead atoms. The summed E-state index contributed by atoms with van der Waals surface area (Å²) in [7, 11) is 5.24. The minimum atomic E-state index is -0.593. The number of hydrogen-bond donors (Lipinski definition) is 0. The zero-order chi connectivity index (χ0) is 24.2. The number of fused-ring (bicyclic) bond motifs is 3. The fourth-order valence-corrected chi connectivity index (χ4v) is 3.57. The third kappa shape index (κ3) is 5.86. The van der Waals surface area contributed by atoms with E-state index in [9.17, 15) is 14.4 Å². The first-order valence-corrected chi connectivity index (χ1v) is 11.0. The van der Waals surface area contributed by atoms with Crippen LogP contribution in [0.15, 0.2) is 4.99 Å². The number of rotatable bonds is 2. The minimum absolute atomic E-state index is 0.207. The molecule has 1 unspecified atom stereocenters. The molecule has 0 N–H and O–H groups in total. The van der Waals surface area contributed by atoms with Crippen LogP contribution in [-0.2, 0) is 29.0 Å². The number of ether oxygens (including phenoxy) is 1. The molecule has 0 fully saturated rings. The van der Waals surface area contributed by atoms with Gasteiger partial charge in [0.15, 0.2) is 0 Å². The molecule has 0 aromatic carbocycles. The molecule has 1 aromatic heterocycles. The molecule has 3 rings (SSSR count). The summed E-state index contributed by atoms with van der Waals surface area (Å²) in [5, 5.41) is 4.61. The zero-order valence-electron chi connectivity index (χ0n) is 20.5. The van der Waals surface area contributed by atoms with Crippen molar-refractivity contribution in [3.05, 3.63) is 17.0 Å². The SMILES string of the molecule is CC.CN(C)C=NC(=O)C1CN(C)C(=O)c2c3c(nn2C1)CCN(C(=O)OC(C)(C)C)C3. The second kappa shape index (κ2) is 10.1. The molecule has 32 heavy (non-hydrogen) atoms. The fraction of sp³-hybridized carbons (Fsp3) is 0.682. The van der Waals surface area contributed by atoms with Crippen LogP contribution < -0.4 is 0 Å². The lowest BCUT2D eigenvalue weighted by molar-refractivity contribution is -0.122. The molecule has 2 aliphatic heterocycles. The highest BCUT2D eigenvalue weighted by Gasteiger charge is 2.37. The van der Waals surface area contributed by atoms with Gasteiger partial charge < -0.3 is 19.4 Å². The summed E-state index contributed by atoms with van der Waals surface area (Å²) in [5.74, 6) is -0.985. The normalized spacial score (nSPS) is 18.4. The molecule has 0 spiro atoms.